The first-order valence-corrected chi connectivity index (χ1v) is 6.77. The SMILES string of the molecule is Cc1ccc(Sc2ccc3c(c2)C(=N)N=C3N)cc1. The number of nitrogens with one attached hydrogen (secondary N) is 1. The summed E-state index contributed by atoms with van der Waals surface area (Å²) in [7, 11) is 0. The second kappa shape index (κ2) is 4.55. The minimum Gasteiger partial charge on any atom is -0.383 e. The van der Waals surface area contributed by atoms with Crippen LogP contribution in [0.25, 0.3) is 0 Å². The monoisotopic (exact) mass is 267 g/mol. The van der Waals surface area contributed by atoms with Gasteiger partial charge in [0.05, 0.1) is 0 Å². The van der Waals surface area contributed by atoms with Gasteiger partial charge in [-0.1, -0.05) is 29.5 Å². The van der Waals surface area contributed by atoms with Gasteiger partial charge in [-0.2, -0.15) is 0 Å². The second-order valence-electron chi connectivity index (χ2n) is 4.47. The van der Waals surface area contributed by atoms with Gasteiger partial charge in [0, 0.05) is 20.9 Å². The summed E-state index contributed by atoms with van der Waals surface area (Å²) in [5.74, 6) is 0.686. The summed E-state index contributed by atoms with van der Waals surface area (Å²) in [6.07, 6.45) is 0. The van der Waals surface area contributed by atoms with E-state index < -0.39 is 0 Å². The van der Waals surface area contributed by atoms with Crippen LogP contribution in [-0.4, -0.2) is 11.7 Å². The zero-order valence-electron chi connectivity index (χ0n) is 10.5. The Kier molecular flexibility index (Phi) is 2.87. The minimum absolute atomic E-state index is 0.249. The number of fused-ring (bicyclic) bond motifs is 1. The van der Waals surface area contributed by atoms with Crippen molar-refractivity contribution in [2.45, 2.75) is 16.7 Å². The van der Waals surface area contributed by atoms with Crippen LogP contribution in [0.15, 0.2) is 57.2 Å². The molecule has 94 valence electrons. The maximum Gasteiger partial charge on any atom is 0.154 e. The molecule has 0 radical (unpaired) electrons. The smallest absolute Gasteiger partial charge is 0.154 e. The molecule has 2 aromatic carbocycles. The van der Waals surface area contributed by atoms with Gasteiger partial charge in [-0.25, -0.2) is 4.99 Å². The van der Waals surface area contributed by atoms with E-state index in [0.29, 0.717) is 5.84 Å². The van der Waals surface area contributed by atoms with E-state index >= 15 is 0 Å². The van der Waals surface area contributed by atoms with E-state index in [4.69, 9.17) is 11.1 Å². The van der Waals surface area contributed by atoms with Crippen LogP contribution in [0.4, 0.5) is 0 Å². The van der Waals surface area contributed by atoms with Gasteiger partial charge in [0.1, 0.15) is 5.84 Å². The summed E-state index contributed by atoms with van der Waals surface area (Å²) in [5, 5.41) is 7.79. The molecule has 0 bridgehead atoms. The molecule has 1 heterocycles. The molecular weight excluding hydrogens is 254 g/mol. The average Bonchev–Trinajstić information content (AvgIpc) is 2.68. The van der Waals surface area contributed by atoms with E-state index in [2.05, 4.69) is 36.2 Å². The van der Waals surface area contributed by atoms with Crippen molar-refractivity contribution in [2.75, 3.05) is 0 Å². The normalized spacial score (nSPS) is 13.3. The molecule has 0 aliphatic carbocycles. The predicted molar refractivity (Wildman–Crippen MR) is 79.3 cm³/mol. The Morgan fingerprint density at radius 3 is 2.42 bits per heavy atom. The number of amidine groups is 2. The lowest BCUT2D eigenvalue weighted by molar-refractivity contribution is 1.35. The molecule has 3 rings (SSSR count). The van der Waals surface area contributed by atoms with E-state index in [1.54, 1.807) is 11.8 Å². The molecular formula is C15H13N3S. The van der Waals surface area contributed by atoms with E-state index in [0.717, 1.165) is 16.0 Å². The van der Waals surface area contributed by atoms with Crippen molar-refractivity contribution in [1.29, 1.82) is 5.41 Å². The van der Waals surface area contributed by atoms with Gasteiger partial charge in [-0.15, -0.1) is 0 Å². The van der Waals surface area contributed by atoms with Crippen LogP contribution in [0.1, 0.15) is 16.7 Å². The zero-order chi connectivity index (χ0) is 13.4. The van der Waals surface area contributed by atoms with Gasteiger partial charge in [-0.3, -0.25) is 5.41 Å². The molecule has 3 N–H and O–H groups in total. The van der Waals surface area contributed by atoms with Gasteiger partial charge in [0.25, 0.3) is 0 Å². The van der Waals surface area contributed by atoms with Crippen molar-refractivity contribution in [3.8, 4) is 0 Å². The average molecular weight is 267 g/mol. The molecule has 0 aromatic heterocycles. The molecule has 1 aliphatic rings. The number of rotatable bonds is 2. The topological polar surface area (TPSA) is 62.2 Å². The van der Waals surface area contributed by atoms with Crippen LogP contribution >= 0.6 is 11.8 Å². The quantitative estimate of drug-likeness (QED) is 0.877. The number of nitrogens with two attached hydrogens (primary N) is 1. The van der Waals surface area contributed by atoms with Crippen LogP contribution in [-0.2, 0) is 0 Å². The molecule has 4 heteroatoms. The largest absolute Gasteiger partial charge is 0.383 e. The summed E-state index contributed by atoms with van der Waals surface area (Å²) in [5.41, 5.74) is 8.68. The molecule has 2 aromatic rings. The Balaban J connectivity index is 1.90. The summed E-state index contributed by atoms with van der Waals surface area (Å²) in [6.45, 7) is 2.07. The maximum absolute atomic E-state index is 7.79. The third kappa shape index (κ3) is 2.27. The Morgan fingerprint density at radius 2 is 1.68 bits per heavy atom. The maximum atomic E-state index is 7.79. The molecule has 0 unspecified atom stereocenters. The summed E-state index contributed by atoms with van der Waals surface area (Å²) < 4.78 is 0. The minimum atomic E-state index is 0.249. The van der Waals surface area contributed by atoms with Gasteiger partial charge in [-0.05, 0) is 37.3 Å². The van der Waals surface area contributed by atoms with Crippen molar-refractivity contribution in [3.05, 3.63) is 59.2 Å². The molecule has 0 fully saturated rings. The fourth-order valence-corrected chi connectivity index (χ4v) is 2.85. The third-order valence-electron chi connectivity index (χ3n) is 3.01. The Hall–Kier alpha value is -2.07. The second-order valence-corrected chi connectivity index (χ2v) is 5.62. The number of hydrogen-bond acceptors (Lipinski definition) is 3. The molecule has 0 atom stereocenters. The Labute approximate surface area is 116 Å². The first kappa shape index (κ1) is 12.0. The number of benzene rings is 2. The van der Waals surface area contributed by atoms with Crippen LogP contribution in [0.3, 0.4) is 0 Å². The highest BCUT2D eigenvalue weighted by molar-refractivity contribution is 7.99. The van der Waals surface area contributed by atoms with Gasteiger partial charge < -0.3 is 5.73 Å². The van der Waals surface area contributed by atoms with Crippen molar-refractivity contribution in [1.82, 2.24) is 0 Å². The number of hydrogen-bond donors (Lipinski definition) is 2. The molecule has 1 aliphatic heterocycles. The van der Waals surface area contributed by atoms with Crippen molar-refractivity contribution >= 4 is 23.4 Å². The van der Waals surface area contributed by atoms with E-state index in [1.807, 2.05) is 18.2 Å². The lowest BCUT2D eigenvalue weighted by atomic mass is 10.1. The van der Waals surface area contributed by atoms with Crippen molar-refractivity contribution < 1.29 is 0 Å². The van der Waals surface area contributed by atoms with E-state index in [-0.39, 0.29) is 5.84 Å². The fourth-order valence-electron chi connectivity index (χ4n) is 1.99. The van der Waals surface area contributed by atoms with Gasteiger partial charge in [0.15, 0.2) is 5.84 Å². The Bertz CT molecular complexity index is 687. The standard InChI is InChI=1S/C15H13N3S/c1-9-2-4-10(5-3-9)19-11-6-7-12-13(8-11)15(17)18-14(12)16/h2-8H,1H3,(H3,16,17,18). The molecule has 19 heavy (non-hydrogen) atoms. The van der Waals surface area contributed by atoms with Crippen LogP contribution < -0.4 is 5.73 Å². The fraction of sp³-hybridized carbons (Fsp3) is 0.0667. The summed E-state index contributed by atoms with van der Waals surface area (Å²) in [6, 6.07) is 14.3. The first-order valence-electron chi connectivity index (χ1n) is 5.95. The Morgan fingerprint density at radius 1 is 1.00 bits per heavy atom. The molecule has 3 nitrogen and oxygen atoms in total. The molecule has 0 saturated carbocycles. The third-order valence-corrected chi connectivity index (χ3v) is 4.01. The van der Waals surface area contributed by atoms with E-state index in [9.17, 15) is 0 Å². The lowest BCUT2D eigenvalue weighted by Gasteiger charge is -2.05. The number of aliphatic imine (C=N–C) groups is 1. The highest BCUT2D eigenvalue weighted by atomic mass is 32.2. The molecule has 0 amide bonds. The van der Waals surface area contributed by atoms with Crippen LogP contribution in [0.5, 0.6) is 0 Å². The van der Waals surface area contributed by atoms with Gasteiger partial charge >= 0.3 is 0 Å². The van der Waals surface area contributed by atoms with Crippen molar-refractivity contribution in [2.24, 2.45) is 10.7 Å². The predicted octanol–water partition coefficient (Wildman–Crippen LogP) is 3.19. The van der Waals surface area contributed by atoms with Crippen LogP contribution in [0, 0.1) is 12.3 Å². The number of nitrogens with zero attached hydrogens (tertiary/aromatic N) is 1. The summed E-state index contributed by atoms with van der Waals surface area (Å²) in [4.78, 5) is 6.26. The molecule has 0 saturated heterocycles. The highest BCUT2D eigenvalue weighted by Crippen LogP contribution is 2.30. The number of aryl methyl sites for hydroxylation is 1. The lowest BCUT2D eigenvalue weighted by Crippen LogP contribution is -2.10. The first-order chi connectivity index (χ1) is 9.13. The highest BCUT2D eigenvalue weighted by Gasteiger charge is 2.18. The zero-order valence-corrected chi connectivity index (χ0v) is 11.3. The molecule has 0 spiro atoms. The van der Waals surface area contributed by atoms with Crippen molar-refractivity contribution in [3.63, 3.8) is 0 Å². The van der Waals surface area contributed by atoms with Gasteiger partial charge in [0.2, 0.25) is 0 Å². The van der Waals surface area contributed by atoms with Crippen LogP contribution in [0.2, 0.25) is 0 Å². The summed E-state index contributed by atoms with van der Waals surface area (Å²) >= 11 is 1.68. The van der Waals surface area contributed by atoms with E-state index in [1.165, 1.54) is 10.5 Å².